The predicted octanol–water partition coefficient (Wildman–Crippen LogP) is 1.87. The number of carbonyl (C=O) groups is 3. The number of unbranched alkanes of at least 4 members (excludes halogenated alkanes) is 9. The van der Waals surface area contributed by atoms with Gasteiger partial charge in [0.15, 0.2) is 12.6 Å². The average Bonchev–Trinajstić information content (AvgIpc) is 3.04. The molecule has 0 saturated carbocycles. The van der Waals surface area contributed by atoms with Crippen LogP contribution in [0.5, 0.6) is 0 Å². The molecule has 5 unspecified atom stereocenters. The zero-order chi connectivity index (χ0) is 36.3. The number of rotatable bonds is 23. The van der Waals surface area contributed by atoms with Crippen LogP contribution < -0.4 is 0 Å². The zero-order valence-corrected chi connectivity index (χ0v) is 29.0. The molecule has 2 saturated heterocycles. The van der Waals surface area contributed by atoms with Gasteiger partial charge in [-0.3, -0.25) is 14.4 Å². The molecule has 284 valence electrons. The number of aliphatic carboxylic acids is 1. The highest BCUT2D eigenvalue weighted by Gasteiger charge is 2.51. The summed E-state index contributed by atoms with van der Waals surface area (Å²) >= 11 is 0. The van der Waals surface area contributed by atoms with E-state index in [1.165, 1.54) is 6.92 Å². The van der Waals surface area contributed by atoms with Crippen LogP contribution in [0.1, 0.15) is 104 Å². The molecule has 2 aliphatic rings. The Kier molecular flexibility index (Phi) is 20.4. The van der Waals surface area contributed by atoms with E-state index >= 15 is 0 Å². The van der Waals surface area contributed by atoms with Crippen molar-refractivity contribution < 1.29 is 73.4 Å². The van der Waals surface area contributed by atoms with E-state index in [2.05, 4.69) is 12.2 Å². The van der Waals surface area contributed by atoms with Crippen molar-refractivity contribution in [3.05, 3.63) is 12.2 Å². The number of aliphatic hydroxyl groups excluding tert-OH is 5. The molecule has 0 aliphatic carbocycles. The molecular weight excluding hydrogens is 648 g/mol. The summed E-state index contributed by atoms with van der Waals surface area (Å²) in [6, 6.07) is 0. The minimum Gasteiger partial charge on any atom is -0.481 e. The predicted molar refractivity (Wildman–Crippen MR) is 173 cm³/mol. The van der Waals surface area contributed by atoms with Crippen LogP contribution >= 0.6 is 0 Å². The fourth-order valence-corrected chi connectivity index (χ4v) is 5.67. The Morgan fingerprint density at radius 3 is 1.69 bits per heavy atom. The first-order chi connectivity index (χ1) is 23.3. The summed E-state index contributed by atoms with van der Waals surface area (Å²) in [5, 5.41) is 61.7. The SMILES string of the molecule is CC(=O)OCC1O[C@@H](OC(C)CCCCCC/C=C\CCCCCCCC(=O)O)[C@@H](O[C@@H]2OC(COC(C)=O)[C@@H](O)[C@H](O)C2O)C(O)[C@@H]1O. The molecular formula is C34H58O15. The number of carbonyl (C=O) groups excluding carboxylic acids is 2. The molecule has 0 bridgehead atoms. The van der Waals surface area contributed by atoms with Gasteiger partial charge in [-0.2, -0.15) is 0 Å². The van der Waals surface area contributed by atoms with E-state index in [0.29, 0.717) is 6.42 Å². The maximum atomic E-state index is 11.4. The van der Waals surface area contributed by atoms with Crippen molar-refractivity contribution in [3.8, 4) is 0 Å². The lowest BCUT2D eigenvalue weighted by Gasteiger charge is -2.46. The highest BCUT2D eigenvalue weighted by atomic mass is 16.8. The van der Waals surface area contributed by atoms with Crippen LogP contribution in [-0.4, -0.2) is 129 Å². The van der Waals surface area contributed by atoms with Crippen LogP contribution in [0.4, 0.5) is 0 Å². The summed E-state index contributed by atoms with van der Waals surface area (Å²) in [6.45, 7) is 3.35. The molecule has 2 rings (SSSR count). The molecule has 49 heavy (non-hydrogen) atoms. The molecule has 6 N–H and O–H groups in total. The van der Waals surface area contributed by atoms with Gasteiger partial charge in [-0.05, 0) is 45.4 Å². The summed E-state index contributed by atoms with van der Waals surface area (Å²) in [4.78, 5) is 33.2. The monoisotopic (exact) mass is 706 g/mol. The van der Waals surface area contributed by atoms with Gasteiger partial charge in [-0.1, -0.05) is 50.7 Å². The van der Waals surface area contributed by atoms with E-state index < -0.39 is 92.0 Å². The molecule has 15 nitrogen and oxygen atoms in total. The lowest BCUT2D eigenvalue weighted by Crippen LogP contribution is -2.65. The summed E-state index contributed by atoms with van der Waals surface area (Å²) in [5.74, 6) is -2.00. The van der Waals surface area contributed by atoms with Gasteiger partial charge in [-0.15, -0.1) is 0 Å². The second-order valence-electron chi connectivity index (χ2n) is 12.9. The highest BCUT2D eigenvalue weighted by Crippen LogP contribution is 2.31. The molecule has 0 radical (unpaired) electrons. The number of hydrogen-bond acceptors (Lipinski definition) is 14. The third-order valence-electron chi connectivity index (χ3n) is 8.53. The molecule has 2 aliphatic heterocycles. The molecule has 0 aromatic heterocycles. The van der Waals surface area contributed by atoms with Crippen molar-refractivity contribution in [3.63, 3.8) is 0 Å². The highest BCUT2D eigenvalue weighted by molar-refractivity contribution is 5.66. The Morgan fingerprint density at radius 1 is 0.653 bits per heavy atom. The third-order valence-corrected chi connectivity index (χ3v) is 8.53. The molecule has 11 atom stereocenters. The minimum absolute atomic E-state index is 0.245. The van der Waals surface area contributed by atoms with Crippen molar-refractivity contribution in [2.75, 3.05) is 13.2 Å². The van der Waals surface area contributed by atoms with Gasteiger partial charge in [0.2, 0.25) is 0 Å². The van der Waals surface area contributed by atoms with Crippen LogP contribution in [0.25, 0.3) is 0 Å². The van der Waals surface area contributed by atoms with Gasteiger partial charge in [0.05, 0.1) is 6.10 Å². The molecule has 0 aromatic carbocycles. The van der Waals surface area contributed by atoms with E-state index in [4.69, 9.17) is 33.5 Å². The van der Waals surface area contributed by atoms with Crippen LogP contribution in [0.2, 0.25) is 0 Å². The Hall–Kier alpha value is -2.21. The van der Waals surface area contributed by atoms with E-state index in [0.717, 1.165) is 77.6 Å². The van der Waals surface area contributed by atoms with Gasteiger partial charge in [0.1, 0.15) is 62.0 Å². The molecule has 0 aromatic rings. The summed E-state index contributed by atoms with van der Waals surface area (Å²) < 4.78 is 33.3. The number of carboxylic acids is 1. The van der Waals surface area contributed by atoms with Crippen molar-refractivity contribution in [1.29, 1.82) is 0 Å². The Morgan fingerprint density at radius 2 is 1.14 bits per heavy atom. The fraction of sp³-hybridized carbons (Fsp3) is 0.853. The maximum absolute atomic E-state index is 11.4. The lowest BCUT2D eigenvalue weighted by atomic mass is 9.97. The van der Waals surface area contributed by atoms with Gasteiger partial charge in [0.25, 0.3) is 0 Å². The Bertz CT molecular complexity index is 993. The molecule has 2 fully saturated rings. The Balaban J connectivity index is 1.85. The minimum atomic E-state index is -1.78. The topological polar surface area (TPSA) is 228 Å². The van der Waals surface area contributed by atoms with Crippen LogP contribution in [0.15, 0.2) is 12.2 Å². The van der Waals surface area contributed by atoms with Crippen molar-refractivity contribution in [2.45, 2.75) is 172 Å². The zero-order valence-electron chi connectivity index (χ0n) is 29.0. The number of hydrogen-bond donors (Lipinski definition) is 6. The number of carboxylic acid groups (broad SMARTS) is 1. The van der Waals surface area contributed by atoms with Crippen molar-refractivity contribution in [1.82, 2.24) is 0 Å². The van der Waals surface area contributed by atoms with E-state index in [1.54, 1.807) is 0 Å². The smallest absolute Gasteiger partial charge is 0.303 e. The first kappa shape index (κ1) is 43.0. The summed E-state index contributed by atoms with van der Waals surface area (Å²) in [5.41, 5.74) is 0. The molecule has 0 amide bonds. The maximum Gasteiger partial charge on any atom is 0.303 e. The Labute approximate surface area is 288 Å². The van der Waals surface area contributed by atoms with E-state index in [1.807, 2.05) is 6.92 Å². The molecule has 15 heteroatoms. The van der Waals surface area contributed by atoms with Crippen molar-refractivity contribution >= 4 is 17.9 Å². The van der Waals surface area contributed by atoms with Crippen LogP contribution in [0, 0.1) is 0 Å². The van der Waals surface area contributed by atoms with Gasteiger partial charge in [0, 0.05) is 20.3 Å². The summed E-state index contributed by atoms with van der Waals surface area (Å²) in [7, 11) is 0. The quantitative estimate of drug-likeness (QED) is 0.0506. The number of ether oxygens (including phenoxy) is 6. The lowest BCUT2D eigenvalue weighted by molar-refractivity contribution is -0.371. The first-order valence-corrected chi connectivity index (χ1v) is 17.5. The van der Waals surface area contributed by atoms with E-state index in [-0.39, 0.29) is 13.0 Å². The van der Waals surface area contributed by atoms with E-state index in [9.17, 15) is 39.9 Å². The standard InChI is InChI=1S/C34H58O15/c1-21(17-15-13-11-9-7-5-4-6-8-10-12-14-16-18-26(37)38)46-34-32(30(42)28(40)25(48-34)20-45-23(3)36)49-33-31(43)29(41)27(39)24(47-33)19-44-22(2)35/h4-5,21,24-25,27-34,39-43H,6-20H2,1-3H3,(H,37,38)/b5-4-/t21?,24?,25?,27-,28-,29+,30?,31?,32+,33+,34-/m1/s1. The number of allylic oxidation sites excluding steroid dienone is 2. The number of esters is 2. The largest absolute Gasteiger partial charge is 0.481 e. The first-order valence-electron chi connectivity index (χ1n) is 17.5. The second kappa shape index (κ2) is 23.3. The normalized spacial score (nSPS) is 31.0. The van der Waals surface area contributed by atoms with Gasteiger partial charge >= 0.3 is 17.9 Å². The van der Waals surface area contributed by atoms with Crippen LogP contribution in [0.3, 0.4) is 0 Å². The third kappa shape index (κ3) is 16.1. The molecule has 0 spiro atoms. The van der Waals surface area contributed by atoms with Gasteiger partial charge < -0.3 is 59.1 Å². The van der Waals surface area contributed by atoms with Crippen molar-refractivity contribution in [2.24, 2.45) is 0 Å². The second-order valence-corrected chi connectivity index (χ2v) is 12.9. The molecule has 2 heterocycles. The average molecular weight is 707 g/mol. The van der Waals surface area contributed by atoms with Gasteiger partial charge in [-0.25, -0.2) is 0 Å². The summed E-state index contributed by atoms with van der Waals surface area (Å²) in [6.07, 6.45) is 0.603. The fourth-order valence-electron chi connectivity index (χ4n) is 5.67. The number of aliphatic hydroxyl groups is 5. The van der Waals surface area contributed by atoms with Crippen LogP contribution in [-0.2, 0) is 42.8 Å².